The van der Waals surface area contributed by atoms with Crippen molar-refractivity contribution < 1.29 is 19.1 Å². The highest BCUT2D eigenvalue weighted by molar-refractivity contribution is 6.15. The van der Waals surface area contributed by atoms with Crippen molar-refractivity contribution in [2.24, 2.45) is 0 Å². The monoisotopic (exact) mass is 559 g/mol. The molecular weight excluding hydrogens is 530 g/mol. The van der Waals surface area contributed by atoms with Crippen molar-refractivity contribution in [1.82, 2.24) is 9.55 Å². The van der Waals surface area contributed by atoms with Gasteiger partial charge in [0.15, 0.2) is 0 Å². The summed E-state index contributed by atoms with van der Waals surface area (Å²) in [6, 6.07) is 15.2. The first-order chi connectivity index (χ1) is 20.4. The molecule has 2 amide bonds. The Morgan fingerprint density at radius 2 is 2.02 bits per heavy atom. The second kappa shape index (κ2) is 10.6. The molecule has 1 aliphatic carbocycles. The number of methoxy groups -OCH3 is 1. The summed E-state index contributed by atoms with van der Waals surface area (Å²) >= 11 is 0. The topological polar surface area (TPSA) is 126 Å². The number of hydrogen-bond acceptors (Lipinski definition) is 6. The number of benzene rings is 2. The van der Waals surface area contributed by atoms with Crippen LogP contribution in [-0.2, 0) is 50.3 Å². The number of pyridine rings is 1. The lowest BCUT2D eigenvalue weighted by Crippen LogP contribution is -2.35. The van der Waals surface area contributed by atoms with Gasteiger partial charge in [0.05, 0.1) is 18.9 Å². The smallest absolute Gasteiger partial charge is 0.310 e. The van der Waals surface area contributed by atoms with Gasteiger partial charge in [-0.2, -0.15) is 0 Å². The van der Waals surface area contributed by atoms with Crippen molar-refractivity contribution >= 4 is 52.0 Å². The van der Waals surface area contributed by atoms with Crippen LogP contribution in [0, 0.1) is 5.41 Å². The number of rotatable bonds is 8. The van der Waals surface area contributed by atoms with Crippen LogP contribution >= 0.6 is 0 Å². The van der Waals surface area contributed by atoms with Crippen LogP contribution in [0.4, 0.5) is 11.5 Å². The first kappa shape index (κ1) is 26.9. The highest BCUT2D eigenvalue weighted by Crippen LogP contribution is 2.47. The first-order valence-electron chi connectivity index (χ1n) is 13.6. The Morgan fingerprint density at radius 1 is 1.19 bits per heavy atom. The molecule has 1 spiro atoms. The van der Waals surface area contributed by atoms with E-state index in [0.717, 1.165) is 33.2 Å². The van der Waals surface area contributed by atoms with E-state index in [4.69, 9.17) is 10.1 Å². The Morgan fingerprint density at radius 3 is 2.81 bits per heavy atom. The average molecular weight is 560 g/mol. The van der Waals surface area contributed by atoms with Crippen LogP contribution in [0.1, 0.15) is 27.8 Å². The SMILES string of the molecule is C=C/C=C(\C=N)c1cccc2c1c(CC(=O)OC)cn2CC(=O)Nc1ccc2c(c1)CC1(C2)C(=O)Nc2ncccc21. The molecule has 1 unspecified atom stereocenters. The Kier molecular flexibility index (Phi) is 6.78. The third-order valence-corrected chi connectivity index (χ3v) is 8.09. The fourth-order valence-electron chi connectivity index (χ4n) is 6.22. The van der Waals surface area contributed by atoms with Crippen LogP contribution in [0.15, 0.2) is 79.7 Å². The summed E-state index contributed by atoms with van der Waals surface area (Å²) < 4.78 is 6.72. The lowest BCUT2D eigenvalue weighted by atomic mass is 9.79. The van der Waals surface area contributed by atoms with Crippen molar-refractivity contribution in [3.63, 3.8) is 0 Å². The normalized spacial score (nSPS) is 17.1. The van der Waals surface area contributed by atoms with E-state index >= 15 is 0 Å². The molecule has 2 aliphatic rings. The summed E-state index contributed by atoms with van der Waals surface area (Å²) in [6.45, 7) is 3.75. The van der Waals surface area contributed by atoms with E-state index in [1.807, 2.05) is 48.5 Å². The number of carbonyl (C=O) groups is 3. The molecule has 1 aliphatic heterocycles. The largest absolute Gasteiger partial charge is 0.469 e. The predicted molar refractivity (Wildman–Crippen MR) is 162 cm³/mol. The molecule has 6 rings (SSSR count). The zero-order valence-electron chi connectivity index (χ0n) is 23.1. The summed E-state index contributed by atoms with van der Waals surface area (Å²) in [5.74, 6) is -0.0711. The van der Waals surface area contributed by atoms with E-state index in [-0.39, 0.29) is 24.8 Å². The Bertz CT molecular complexity index is 1840. The van der Waals surface area contributed by atoms with Crippen molar-refractivity contribution in [2.75, 3.05) is 17.7 Å². The Hall–Kier alpha value is -5.31. The van der Waals surface area contributed by atoms with E-state index in [1.54, 1.807) is 29.1 Å². The lowest BCUT2D eigenvalue weighted by Gasteiger charge is -2.20. The van der Waals surface area contributed by atoms with Gasteiger partial charge in [-0.15, -0.1) is 0 Å². The molecule has 0 fully saturated rings. The van der Waals surface area contributed by atoms with Gasteiger partial charge in [-0.05, 0) is 64.9 Å². The quantitative estimate of drug-likeness (QED) is 0.165. The molecule has 0 bridgehead atoms. The minimum Gasteiger partial charge on any atom is -0.469 e. The second-order valence-corrected chi connectivity index (χ2v) is 10.6. The van der Waals surface area contributed by atoms with Gasteiger partial charge >= 0.3 is 5.97 Å². The Labute approximate surface area is 242 Å². The number of esters is 1. The number of hydrogen-bond donors (Lipinski definition) is 3. The van der Waals surface area contributed by atoms with Gasteiger partial charge in [-0.3, -0.25) is 14.4 Å². The average Bonchev–Trinajstić information content (AvgIpc) is 3.63. The Balaban J connectivity index is 1.27. The van der Waals surface area contributed by atoms with Gasteiger partial charge in [0.1, 0.15) is 12.4 Å². The number of nitrogens with one attached hydrogen (secondary N) is 3. The zero-order chi connectivity index (χ0) is 29.4. The molecule has 210 valence electrons. The van der Waals surface area contributed by atoms with Crippen LogP contribution < -0.4 is 10.6 Å². The molecule has 4 aromatic rings. The van der Waals surface area contributed by atoms with E-state index < -0.39 is 11.4 Å². The summed E-state index contributed by atoms with van der Waals surface area (Å²) in [5, 5.41) is 14.6. The number of amides is 2. The van der Waals surface area contributed by atoms with Crippen LogP contribution in [0.25, 0.3) is 16.5 Å². The van der Waals surface area contributed by atoms with Crippen LogP contribution in [0.3, 0.4) is 0 Å². The molecule has 3 heterocycles. The van der Waals surface area contributed by atoms with Gasteiger partial charge < -0.3 is 25.3 Å². The molecule has 9 nitrogen and oxygen atoms in total. The number of nitrogens with zero attached hydrogens (tertiary/aromatic N) is 2. The number of fused-ring (bicyclic) bond motifs is 4. The predicted octanol–water partition coefficient (Wildman–Crippen LogP) is 4.60. The number of allylic oxidation sites excluding steroid dienone is 3. The molecule has 0 saturated heterocycles. The van der Waals surface area contributed by atoms with E-state index in [2.05, 4.69) is 22.2 Å². The number of anilines is 2. The highest BCUT2D eigenvalue weighted by Gasteiger charge is 2.51. The standard InChI is InChI=1S/C33H29N5O4/c1-3-6-21(17-34)25-7-4-9-27-30(25)23(14-29(40)42-2)18-38(27)19-28(39)36-24-11-10-20-15-33(16-22(20)13-24)26-8-5-12-35-31(26)37-32(33)41/h3-13,17-18,34H,1,14-16,19H2,2H3,(H,36,39)(H,35,37,41)/b21-6+,34-17?. The van der Waals surface area contributed by atoms with Crippen LogP contribution in [-0.4, -0.2) is 40.7 Å². The maximum atomic E-state index is 13.3. The molecule has 2 aromatic carbocycles. The van der Waals surface area contributed by atoms with E-state index in [1.165, 1.54) is 13.3 Å². The van der Waals surface area contributed by atoms with Crippen molar-refractivity contribution in [3.8, 4) is 0 Å². The van der Waals surface area contributed by atoms with Crippen LogP contribution in [0.2, 0.25) is 0 Å². The van der Waals surface area contributed by atoms with Crippen molar-refractivity contribution in [3.05, 3.63) is 107 Å². The minimum atomic E-state index is -0.679. The molecule has 9 heteroatoms. The zero-order valence-corrected chi connectivity index (χ0v) is 23.1. The molecule has 3 N–H and O–H groups in total. The molecule has 2 aromatic heterocycles. The van der Waals surface area contributed by atoms with Crippen LogP contribution in [0.5, 0.6) is 0 Å². The van der Waals surface area contributed by atoms with Gasteiger partial charge in [-0.1, -0.05) is 43.0 Å². The molecule has 0 radical (unpaired) electrons. The van der Waals surface area contributed by atoms with Gasteiger partial charge in [0, 0.05) is 40.8 Å². The maximum absolute atomic E-state index is 13.3. The molecular formula is C33H29N5O4. The van der Waals surface area contributed by atoms with Gasteiger partial charge in [-0.25, -0.2) is 4.98 Å². The van der Waals surface area contributed by atoms with Gasteiger partial charge in [0.25, 0.3) is 0 Å². The van der Waals surface area contributed by atoms with Crippen molar-refractivity contribution in [1.29, 1.82) is 5.41 Å². The van der Waals surface area contributed by atoms with E-state index in [0.29, 0.717) is 35.5 Å². The number of ether oxygens (including phenoxy) is 1. The summed E-state index contributed by atoms with van der Waals surface area (Å²) in [4.78, 5) is 42.9. The lowest BCUT2D eigenvalue weighted by molar-refractivity contribution is -0.139. The molecule has 42 heavy (non-hydrogen) atoms. The minimum absolute atomic E-state index is 0.00863. The van der Waals surface area contributed by atoms with Crippen molar-refractivity contribution in [2.45, 2.75) is 31.2 Å². The number of aromatic nitrogens is 2. The summed E-state index contributed by atoms with van der Waals surface area (Å²) in [7, 11) is 1.34. The number of carbonyl (C=O) groups excluding carboxylic acids is 3. The third-order valence-electron chi connectivity index (χ3n) is 8.09. The first-order valence-corrected chi connectivity index (χ1v) is 13.6. The van der Waals surface area contributed by atoms with Gasteiger partial charge in [0.2, 0.25) is 11.8 Å². The maximum Gasteiger partial charge on any atom is 0.310 e. The van der Waals surface area contributed by atoms with E-state index in [9.17, 15) is 14.4 Å². The highest BCUT2D eigenvalue weighted by atomic mass is 16.5. The second-order valence-electron chi connectivity index (χ2n) is 10.6. The molecule has 0 saturated carbocycles. The summed E-state index contributed by atoms with van der Waals surface area (Å²) in [6.07, 6.45) is 9.18. The fourth-order valence-corrected chi connectivity index (χ4v) is 6.22. The summed E-state index contributed by atoms with van der Waals surface area (Å²) in [5.41, 5.74) is 5.82. The third kappa shape index (κ3) is 4.49. The molecule has 1 atom stereocenters. The fraction of sp³-hybridized carbons (Fsp3) is 0.182.